The first-order valence-electron chi connectivity index (χ1n) is 3.78. The number of hydrogen-bond donors (Lipinski definition) is 2. The summed E-state index contributed by atoms with van der Waals surface area (Å²) in [5.41, 5.74) is 5.67. The van der Waals surface area contributed by atoms with Gasteiger partial charge in [0.25, 0.3) is 0 Å². The second-order valence-electron chi connectivity index (χ2n) is 2.50. The summed E-state index contributed by atoms with van der Waals surface area (Å²) in [5.74, 6) is 0. The van der Waals surface area contributed by atoms with Crippen LogP contribution in [0.15, 0.2) is 12.7 Å². The molecule has 0 aromatic heterocycles. The topological polar surface area (TPSA) is 46.2 Å². The van der Waals surface area contributed by atoms with Gasteiger partial charge in [-0.15, -0.1) is 6.58 Å². The van der Waals surface area contributed by atoms with Crippen LogP contribution in [-0.4, -0.2) is 17.8 Å². The molecule has 0 aliphatic heterocycles. The van der Waals surface area contributed by atoms with E-state index < -0.39 is 0 Å². The fourth-order valence-electron chi connectivity index (χ4n) is 0.850. The highest BCUT2D eigenvalue weighted by atomic mass is 16.2. The molecule has 0 radical (unpaired) electrons. The van der Waals surface area contributed by atoms with Crippen molar-refractivity contribution < 1.29 is 5.11 Å². The Labute approximate surface area is 62.7 Å². The van der Waals surface area contributed by atoms with E-state index in [0.29, 0.717) is 0 Å². The van der Waals surface area contributed by atoms with Gasteiger partial charge in [0, 0.05) is 12.6 Å². The minimum atomic E-state index is 0.240. The normalized spacial score (nSPS) is 13.0. The van der Waals surface area contributed by atoms with Gasteiger partial charge in [0.2, 0.25) is 0 Å². The predicted octanol–water partition coefficient (Wildman–Crippen LogP) is 1.05. The molecular weight excluding hydrogens is 126 g/mol. The number of nitrogens with two attached hydrogens (primary N) is 1. The minimum Gasteiger partial charge on any atom is -0.396 e. The van der Waals surface area contributed by atoms with Crippen LogP contribution in [0.1, 0.15) is 25.7 Å². The van der Waals surface area contributed by atoms with Crippen LogP contribution in [0, 0.1) is 0 Å². The number of aliphatic hydroxyl groups is 1. The number of aliphatic hydroxyl groups excluding tert-OH is 1. The second-order valence-corrected chi connectivity index (χ2v) is 2.50. The van der Waals surface area contributed by atoms with Gasteiger partial charge in [-0.05, 0) is 25.7 Å². The van der Waals surface area contributed by atoms with Crippen LogP contribution in [0.4, 0.5) is 0 Å². The molecule has 0 aromatic carbocycles. The highest BCUT2D eigenvalue weighted by molar-refractivity contribution is 4.74. The first-order chi connectivity index (χ1) is 4.81. The van der Waals surface area contributed by atoms with Crippen LogP contribution in [0.2, 0.25) is 0 Å². The minimum absolute atomic E-state index is 0.240. The maximum Gasteiger partial charge on any atom is 0.0431 e. The molecule has 0 saturated carbocycles. The van der Waals surface area contributed by atoms with E-state index >= 15 is 0 Å². The van der Waals surface area contributed by atoms with Gasteiger partial charge in [-0.2, -0.15) is 0 Å². The third-order valence-corrected chi connectivity index (χ3v) is 1.45. The smallest absolute Gasteiger partial charge is 0.0431 e. The Kier molecular flexibility index (Phi) is 6.55. The lowest BCUT2D eigenvalue weighted by Crippen LogP contribution is -2.18. The van der Waals surface area contributed by atoms with E-state index in [0.717, 1.165) is 25.7 Å². The molecule has 0 saturated heterocycles. The summed E-state index contributed by atoms with van der Waals surface area (Å²) in [5, 5.41) is 8.45. The lowest BCUT2D eigenvalue weighted by atomic mass is 10.1. The average Bonchev–Trinajstić information content (AvgIpc) is 1.89. The van der Waals surface area contributed by atoms with E-state index in [4.69, 9.17) is 10.8 Å². The zero-order valence-corrected chi connectivity index (χ0v) is 6.42. The summed E-state index contributed by atoms with van der Waals surface area (Å²) in [7, 11) is 0. The summed E-state index contributed by atoms with van der Waals surface area (Å²) in [6.45, 7) is 3.88. The van der Waals surface area contributed by atoms with Gasteiger partial charge in [0.15, 0.2) is 0 Å². The monoisotopic (exact) mass is 143 g/mol. The van der Waals surface area contributed by atoms with E-state index in [1.54, 1.807) is 0 Å². The Morgan fingerprint density at radius 3 is 2.70 bits per heavy atom. The van der Waals surface area contributed by atoms with Crippen LogP contribution in [-0.2, 0) is 0 Å². The molecule has 0 amide bonds. The fourth-order valence-corrected chi connectivity index (χ4v) is 0.850. The molecule has 0 heterocycles. The van der Waals surface area contributed by atoms with Crippen molar-refractivity contribution in [2.45, 2.75) is 31.7 Å². The molecule has 60 valence electrons. The molecule has 2 nitrogen and oxygen atoms in total. The Morgan fingerprint density at radius 2 is 2.20 bits per heavy atom. The van der Waals surface area contributed by atoms with E-state index in [2.05, 4.69) is 6.58 Å². The van der Waals surface area contributed by atoms with Crippen LogP contribution in [0.3, 0.4) is 0 Å². The lowest BCUT2D eigenvalue weighted by molar-refractivity contribution is 0.281. The maximum atomic E-state index is 8.45. The van der Waals surface area contributed by atoms with Crippen molar-refractivity contribution >= 4 is 0 Å². The van der Waals surface area contributed by atoms with Gasteiger partial charge in [-0.25, -0.2) is 0 Å². The van der Waals surface area contributed by atoms with Crippen molar-refractivity contribution in [3.05, 3.63) is 12.7 Å². The summed E-state index contributed by atoms with van der Waals surface area (Å²) in [6, 6.07) is 0.240. The van der Waals surface area contributed by atoms with Gasteiger partial charge in [0.05, 0.1) is 0 Å². The molecular formula is C8H17NO. The van der Waals surface area contributed by atoms with E-state index in [1.807, 2.05) is 6.08 Å². The molecule has 1 atom stereocenters. The summed E-state index contributed by atoms with van der Waals surface area (Å²) < 4.78 is 0. The lowest BCUT2D eigenvalue weighted by Gasteiger charge is -2.06. The van der Waals surface area contributed by atoms with Crippen molar-refractivity contribution in [2.75, 3.05) is 6.61 Å². The largest absolute Gasteiger partial charge is 0.396 e. The van der Waals surface area contributed by atoms with Gasteiger partial charge in [-0.1, -0.05) is 6.08 Å². The average molecular weight is 143 g/mol. The Morgan fingerprint density at radius 1 is 1.50 bits per heavy atom. The molecule has 0 spiro atoms. The van der Waals surface area contributed by atoms with Crippen LogP contribution < -0.4 is 5.73 Å². The van der Waals surface area contributed by atoms with Crippen molar-refractivity contribution in [3.63, 3.8) is 0 Å². The third-order valence-electron chi connectivity index (χ3n) is 1.45. The zero-order chi connectivity index (χ0) is 7.82. The Hall–Kier alpha value is -0.340. The molecule has 3 N–H and O–H groups in total. The Balaban J connectivity index is 3.04. The van der Waals surface area contributed by atoms with Gasteiger partial charge in [0.1, 0.15) is 0 Å². The molecule has 2 heteroatoms. The quantitative estimate of drug-likeness (QED) is 0.431. The van der Waals surface area contributed by atoms with Crippen LogP contribution in [0.5, 0.6) is 0 Å². The SMILES string of the molecule is C=CC[C@@H](N)CCCCO. The molecule has 0 aliphatic rings. The zero-order valence-electron chi connectivity index (χ0n) is 6.42. The molecule has 10 heavy (non-hydrogen) atoms. The van der Waals surface area contributed by atoms with Gasteiger partial charge < -0.3 is 10.8 Å². The van der Waals surface area contributed by atoms with E-state index in [-0.39, 0.29) is 12.6 Å². The molecule has 0 aliphatic carbocycles. The van der Waals surface area contributed by atoms with Crippen LogP contribution in [0.25, 0.3) is 0 Å². The van der Waals surface area contributed by atoms with Gasteiger partial charge >= 0.3 is 0 Å². The van der Waals surface area contributed by atoms with Crippen molar-refractivity contribution in [2.24, 2.45) is 5.73 Å². The highest BCUT2D eigenvalue weighted by Gasteiger charge is 1.97. The number of unbranched alkanes of at least 4 members (excludes halogenated alkanes) is 1. The summed E-state index contributed by atoms with van der Waals surface area (Å²) >= 11 is 0. The molecule has 0 bridgehead atoms. The number of hydrogen-bond acceptors (Lipinski definition) is 2. The van der Waals surface area contributed by atoms with E-state index in [9.17, 15) is 0 Å². The standard InChI is InChI=1S/C8H17NO/c1-2-5-8(9)6-3-4-7-10/h2,8,10H,1,3-7,9H2/t8-/m1/s1. The van der Waals surface area contributed by atoms with Crippen LogP contribution >= 0.6 is 0 Å². The molecule has 0 fully saturated rings. The third kappa shape index (κ3) is 5.79. The Bertz CT molecular complexity index is 83.3. The molecule has 0 unspecified atom stereocenters. The second kappa shape index (κ2) is 6.78. The van der Waals surface area contributed by atoms with Gasteiger partial charge in [-0.3, -0.25) is 0 Å². The number of rotatable bonds is 6. The fraction of sp³-hybridized carbons (Fsp3) is 0.750. The first kappa shape index (κ1) is 9.66. The van der Waals surface area contributed by atoms with Crippen molar-refractivity contribution in [1.29, 1.82) is 0 Å². The highest BCUT2D eigenvalue weighted by Crippen LogP contribution is 2.01. The summed E-state index contributed by atoms with van der Waals surface area (Å²) in [6.07, 6.45) is 5.60. The van der Waals surface area contributed by atoms with Crippen molar-refractivity contribution in [1.82, 2.24) is 0 Å². The van der Waals surface area contributed by atoms with Crippen molar-refractivity contribution in [3.8, 4) is 0 Å². The molecule has 0 aromatic rings. The first-order valence-corrected chi connectivity index (χ1v) is 3.78. The summed E-state index contributed by atoms with van der Waals surface area (Å²) in [4.78, 5) is 0. The van der Waals surface area contributed by atoms with E-state index in [1.165, 1.54) is 0 Å². The molecule has 0 rings (SSSR count). The maximum absolute atomic E-state index is 8.45. The predicted molar refractivity (Wildman–Crippen MR) is 43.7 cm³/mol.